The molecule has 1 heterocycles. The van der Waals surface area contributed by atoms with Gasteiger partial charge in [-0.25, -0.2) is 13.1 Å². The van der Waals surface area contributed by atoms with Gasteiger partial charge >= 0.3 is 0 Å². The monoisotopic (exact) mass is 300 g/mol. The smallest absolute Gasteiger partial charge is 0.244 e. The minimum atomic E-state index is -3.47. The summed E-state index contributed by atoms with van der Waals surface area (Å²) in [6, 6.07) is 1.62. The van der Waals surface area contributed by atoms with Crippen molar-refractivity contribution in [3.8, 4) is 0 Å². The molecule has 1 aliphatic rings. The molecule has 2 N–H and O–H groups in total. The van der Waals surface area contributed by atoms with Gasteiger partial charge in [0.2, 0.25) is 10.0 Å². The maximum absolute atomic E-state index is 12.3. The molecule has 0 spiro atoms. The highest BCUT2D eigenvalue weighted by Gasteiger charge is 2.41. The first-order valence-electron chi connectivity index (χ1n) is 7.22. The van der Waals surface area contributed by atoms with Crippen LogP contribution >= 0.6 is 0 Å². The van der Waals surface area contributed by atoms with Gasteiger partial charge in [0.15, 0.2) is 0 Å². The number of nitrogens with one attached hydrogen (secondary N) is 2. The molecule has 0 radical (unpaired) electrons. The fourth-order valence-corrected chi connectivity index (χ4v) is 3.64. The number of furan rings is 1. The molecule has 0 aromatic carbocycles. The molecule has 0 unspecified atom stereocenters. The van der Waals surface area contributed by atoms with E-state index in [0.29, 0.717) is 24.6 Å². The Morgan fingerprint density at radius 3 is 2.60 bits per heavy atom. The lowest BCUT2D eigenvalue weighted by molar-refractivity contribution is 0.458. The Morgan fingerprint density at radius 1 is 1.35 bits per heavy atom. The normalized spacial score (nSPS) is 17.4. The van der Waals surface area contributed by atoms with Crippen LogP contribution in [0.3, 0.4) is 0 Å². The summed E-state index contributed by atoms with van der Waals surface area (Å²) in [5.41, 5.74) is 0.192. The van der Waals surface area contributed by atoms with Crippen molar-refractivity contribution >= 4 is 10.0 Å². The van der Waals surface area contributed by atoms with Crippen LogP contribution < -0.4 is 10.0 Å². The van der Waals surface area contributed by atoms with Crippen LogP contribution in [0.15, 0.2) is 15.4 Å². The molecular weight excluding hydrogens is 276 g/mol. The van der Waals surface area contributed by atoms with Crippen LogP contribution in [-0.4, -0.2) is 21.5 Å². The van der Waals surface area contributed by atoms with Crippen molar-refractivity contribution < 1.29 is 12.8 Å². The maximum atomic E-state index is 12.3. The van der Waals surface area contributed by atoms with E-state index in [2.05, 4.69) is 17.0 Å². The minimum Gasteiger partial charge on any atom is -0.464 e. The summed E-state index contributed by atoms with van der Waals surface area (Å²) in [4.78, 5) is 0.261. The van der Waals surface area contributed by atoms with Gasteiger partial charge in [-0.2, -0.15) is 0 Å². The Labute approximate surface area is 121 Å². The third-order valence-corrected chi connectivity index (χ3v) is 5.62. The van der Waals surface area contributed by atoms with E-state index in [1.165, 1.54) is 0 Å². The molecule has 1 aromatic rings. The molecule has 20 heavy (non-hydrogen) atoms. The molecule has 0 atom stereocenters. The zero-order valence-electron chi connectivity index (χ0n) is 12.5. The van der Waals surface area contributed by atoms with Crippen molar-refractivity contribution in [2.45, 2.75) is 51.5 Å². The predicted octanol–water partition coefficient (Wildman–Crippen LogP) is 2.17. The number of hydrogen-bond acceptors (Lipinski definition) is 4. The van der Waals surface area contributed by atoms with Gasteiger partial charge in [-0.1, -0.05) is 13.8 Å². The van der Waals surface area contributed by atoms with Gasteiger partial charge in [0.1, 0.15) is 16.4 Å². The van der Waals surface area contributed by atoms with Crippen LogP contribution in [0, 0.1) is 12.3 Å². The highest BCUT2D eigenvalue weighted by Crippen LogP contribution is 2.48. The Bertz CT molecular complexity index is 559. The van der Waals surface area contributed by atoms with Crippen molar-refractivity contribution in [2.24, 2.45) is 5.41 Å². The lowest BCUT2D eigenvalue weighted by Crippen LogP contribution is -2.30. The largest absolute Gasteiger partial charge is 0.464 e. The van der Waals surface area contributed by atoms with E-state index in [9.17, 15) is 8.42 Å². The Morgan fingerprint density at radius 2 is 2.05 bits per heavy atom. The molecular formula is C14H24N2O3S. The molecule has 114 valence electrons. The first-order valence-corrected chi connectivity index (χ1v) is 8.70. The summed E-state index contributed by atoms with van der Waals surface area (Å²) in [5.74, 6) is 1.10. The van der Waals surface area contributed by atoms with Gasteiger partial charge in [-0.05, 0) is 38.1 Å². The highest BCUT2D eigenvalue weighted by atomic mass is 32.2. The molecule has 5 nitrogen and oxygen atoms in total. The first-order chi connectivity index (χ1) is 9.42. The van der Waals surface area contributed by atoms with Crippen LogP contribution in [0.2, 0.25) is 0 Å². The summed E-state index contributed by atoms with van der Waals surface area (Å²) in [6.45, 7) is 7.69. The summed E-state index contributed by atoms with van der Waals surface area (Å²) in [7, 11) is -3.47. The predicted molar refractivity (Wildman–Crippen MR) is 78.0 cm³/mol. The van der Waals surface area contributed by atoms with Crippen LogP contribution in [0.4, 0.5) is 0 Å². The fraction of sp³-hybridized carbons (Fsp3) is 0.714. The quantitative estimate of drug-likeness (QED) is 0.772. The van der Waals surface area contributed by atoms with Crippen LogP contribution in [0.25, 0.3) is 0 Å². The van der Waals surface area contributed by atoms with Crippen molar-refractivity contribution in [1.82, 2.24) is 10.0 Å². The number of rotatable bonds is 8. The Balaban J connectivity index is 2.06. The van der Waals surface area contributed by atoms with Gasteiger partial charge in [0.25, 0.3) is 0 Å². The minimum absolute atomic E-state index is 0.192. The third-order valence-electron chi connectivity index (χ3n) is 4.11. The lowest BCUT2D eigenvalue weighted by atomic mass is 10.1. The average molecular weight is 300 g/mol. The standard InChI is InChI=1S/C14H24N2O3S/c1-4-14(6-7-14)10-16-20(17,18)13-8-12(9-15-5-2)19-11(13)3/h8,15-16H,4-7,9-10H2,1-3H3. The molecule has 0 bridgehead atoms. The molecule has 6 heteroatoms. The first kappa shape index (κ1) is 15.5. The highest BCUT2D eigenvalue weighted by molar-refractivity contribution is 7.89. The molecule has 0 saturated heterocycles. The summed E-state index contributed by atoms with van der Waals surface area (Å²) in [6.07, 6.45) is 3.25. The van der Waals surface area contributed by atoms with Crippen LogP contribution in [-0.2, 0) is 16.6 Å². The lowest BCUT2D eigenvalue weighted by Gasteiger charge is -2.13. The van der Waals surface area contributed by atoms with E-state index >= 15 is 0 Å². The second-order valence-corrected chi connectivity index (χ2v) is 7.33. The van der Waals surface area contributed by atoms with Gasteiger partial charge in [-0.3, -0.25) is 0 Å². The van der Waals surface area contributed by atoms with E-state index in [1.807, 2.05) is 6.92 Å². The van der Waals surface area contributed by atoms with E-state index in [0.717, 1.165) is 25.8 Å². The second kappa shape index (κ2) is 5.87. The molecule has 0 amide bonds. The number of aryl methyl sites for hydroxylation is 1. The topological polar surface area (TPSA) is 71.3 Å². The van der Waals surface area contributed by atoms with Crippen molar-refractivity contribution in [3.05, 3.63) is 17.6 Å². The molecule has 1 aromatic heterocycles. The van der Waals surface area contributed by atoms with E-state index in [1.54, 1.807) is 13.0 Å². The zero-order valence-corrected chi connectivity index (χ0v) is 13.3. The maximum Gasteiger partial charge on any atom is 0.244 e. The summed E-state index contributed by atoms with van der Waals surface area (Å²) >= 11 is 0. The average Bonchev–Trinajstić information content (AvgIpc) is 3.11. The van der Waals surface area contributed by atoms with Gasteiger partial charge in [-0.15, -0.1) is 0 Å². The summed E-state index contributed by atoms with van der Waals surface area (Å²) < 4.78 is 32.9. The number of hydrogen-bond donors (Lipinski definition) is 2. The third kappa shape index (κ3) is 3.42. The fourth-order valence-electron chi connectivity index (χ4n) is 2.28. The van der Waals surface area contributed by atoms with Crippen LogP contribution in [0.1, 0.15) is 44.6 Å². The molecule has 1 fully saturated rings. The zero-order chi connectivity index (χ0) is 14.8. The van der Waals surface area contributed by atoms with Gasteiger partial charge in [0.05, 0.1) is 6.54 Å². The van der Waals surface area contributed by atoms with E-state index < -0.39 is 10.0 Å². The number of sulfonamides is 1. The summed E-state index contributed by atoms with van der Waals surface area (Å²) in [5, 5.41) is 3.12. The molecule has 1 aliphatic carbocycles. The van der Waals surface area contributed by atoms with Crippen LogP contribution in [0.5, 0.6) is 0 Å². The Hall–Kier alpha value is -0.850. The van der Waals surface area contributed by atoms with Crippen molar-refractivity contribution in [1.29, 1.82) is 0 Å². The van der Waals surface area contributed by atoms with E-state index in [-0.39, 0.29) is 10.3 Å². The SMILES string of the molecule is CCNCc1cc(S(=O)(=O)NCC2(CC)CC2)c(C)o1. The molecule has 1 saturated carbocycles. The van der Waals surface area contributed by atoms with E-state index in [4.69, 9.17) is 4.42 Å². The Kier molecular flexibility index (Phi) is 4.56. The van der Waals surface area contributed by atoms with Crippen molar-refractivity contribution in [3.63, 3.8) is 0 Å². The van der Waals surface area contributed by atoms with Crippen molar-refractivity contribution in [2.75, 3.05) is 13.1 Å². The van der Waals surface area contributed by atoms with Gasteiger partial charge in [0, 0.05) is 12.6 Å². The second-order valence-electron chi connectivity index (χ2n) is 5.59. The molecule has 2 rings (SSSR count). The van der Waals surface area contributed by atoms with Gasteiger partial charge < -0.3 is 9.73 Å². The molecule has 0 aliphatic heterocycles.